The fourth-order valence-corrected chi connectivity index (χ4v) is 2.34. The third-order valence-electron chi connectivity index (χ3n) is 3.45. The molecule has 4 nitrogen and oxygen atoms in total. The van der Waals surface area contributed by atoms with Crippen molar-refractivity contribution in [1.82, 2.24) is 5.32 Å². The van der Waals surface area contributed by atoms with E-state index in [1.54, 1.807) is 0 Å². The Morgan fingerprint density at radius 3 is 2.78 bits per heavy atom. The van der Waals surface area contributed by atoms with Crippen LogP contribution >= 0.6 is 0 Å². The van der Waals surface area contributed by atoms with Crippen molar-refractivity contribution in [2.24, 2.45) is 0 Å². The van der Waals surface area contributed by atoms with Gasteiger partial charge in [-0.3, -0.25) is 9.59 Å². The van der Waals surface area contributed by atoms with Gasteiger partial charge >= 0.3 is 0 Å². The Labute approximate surface area is 107 Å². The van der Waals surface area contributed by atoms with Crippen molar-refractivity contribution in [2.45, 2.75) is 26.3 Å². The monoisotopic (exact) mass is 246 g/mol. The summed E-state index contributed by atoms with van der Waals surface area (Å²) in [5, 5.41) is 2.85. The number of amides is 1. The molecule has 1 fully saturated rings. The smallest absolute Gasteiger partial charge is 0.245 e. The Bertz CT molecular complexity index is 495. The number of anilines is 1. The fourth-order valence-electron chi connectivity index (χ4n) is 2.34. The lowest BCUT2D eigenvalue weighted by Crippen LogP contribution is -2.62. The van der Waals surface area contributed by atoms with Gasteiger partial charge in [-0.2, -0.15) is 0 Å². The molecule has 0 unspecified atom stereocenters. The van der Waals surface area contributed by atoms with Crippen molar-refractivity contribution in [2.75, 3.05) is 18.0 Å². The molecule has 0 aliphatic carbocycles. The number of carbonyl (C=O) groups is 2. The van der Waals surface area contributed by atoms with E-state index in [2.05, 4.69) is 5.32 Å². The van der Waals surface area contributed by atoms with Crippen molar-refractivity contribution >= 4 is 17.9 Å². The highest BCUT2D eigenvalue weighted by Crippen LogP contribution is 2.29. The van der Waals surface area contributed by atoms with Gasteiger partial charge in [0.1, 0.15) is 5.54 Å². The molecule has 0 aromatic heterocycles. The van der Waals surface area contributed by atoms with Crippen molar-refractivity contribution in [1.29, 1.82) is 0 Å². The molecule has 4 heteroatoms. The number of nitrogens with zero attached hydrogens (tertiary/aromatic N) is 1. The second kappa shape index (κ2) is 4.44. The second-order valence-corrected chi connectivity index (χ2v) is 5.15. The quantitative estimate of drug-likeness (QED) is 0.805. The minimum atomic E-state index is -0.634. The number of nitrogens with one attached hydrogen (secondary N) is 1. The zero-order valence-electron chi connectivity index (χ0n) is 11.0. The molecule has 1 aliphatic heterocycles. The lowest BCUT2D eigenvalue weighted by molar-refractivity contribution is -0.126. The van der Waals surface area contributed by atoms with Crippen LogP contribution in [-0.4, -0.2) is 30.8 Å². The molecule has 1 aromatic carbocycles. The first-order chi connectivity index (χ1) is 8.46. The van der Waals surface area contributed by atoms with Crippen LogP contribution in [0.4, 0.5) is 5.69 Å². The Balaban J connectivity index is 2.47. The highest BCUT2D eigenvalue weighted by atomic mass is 16.2. The maximum Gasteiger partial charge on any atom is 0.245 e. The molecule has 96 valence electrons. The summed E-state index contributed by atoms with van der Waals surface area (Å²) in [6.45, 7) is 7.01. The summed E-state index contributed by atoms with van der Waals surface area (Å²) in [4.78, 5) is 25.1. The average Bonchev–Trinajstić information content (AvgIpc) is 2.33. The van der Waals surface area contributed by atoms with Gasteiger partial charge in [-0.1, -0.05) is 11.6 Å². The first-order valence-electron chi connectivity index (χ1n) is 6.08. The second-order valence-electron chi connectivity index (χ2n) is 5.15. The van der Waals surface area contributed by atoms with Gasteiger partial charge in [-0.15, -0.1) is 0 Å². The number of benzene rings is 1. The summed E-state index contributed by atoms with van der Waals surface area (Å²) in [7, 11) is 0. The third-order valence-corrected chi connectivity index (χ3v) is 3.45. The Kier molecular flexibility index (Phi) is 3.11. The van der Waals surface area contributed by atoms with Crippen molar-refractivity contribution < 1.29 is 9.59 Å². The number of rotatable bonds is 2. The summed E-state index contributed by atoms with van der Waals surface area (Å²) >= 11 is 0. The molecule has 18 heavy (non-hydrogen) atoms. The normalized spacial score (nSPS) is 18.4. The molecule has 0 spiro atoms. The number of aldehydes is 1. The molecule has 1 N–H and O–H groups in total. The van der Waals surface area contributed by atoms with Crippen LogP contribution in [0, 0.1) is 6.92 Å². The van der Waals surface area contributed by atoms with Gasteiger partial charge < -0.3 is 10.2 Å². The lowest BCUT2D eigenvalue weighted by atomic mass is 9.96. The summed E-state index contributed by atoms with van der Waals surface area (Å²) in [6, 6.07) is 5.73. The maximum atomic E-state index is 11.9. The summed E-state index contributed by atoms with van der Waals surface area (Å²) < 4.78 is 0. The zero-order chi connectivity index (χ0) is 13.3. The van der Waals surface area contributed by atoms with Crippen LogP contribution in [-0.2, 0) is 4.79 Å². The van der Waals surface area contributed by atoms with Crippen LogP contribution in [0.5, 0.6) is 0 Å². The van der Waals surface area contributed by atoms with Gasteiger partial charge in [0.15, 0.2) is 6.29 Å². The Morgan fingerprint density at radius 1 is 1.39 bits per heavy atom. The minimum Gasteiger partial charge on any atom is -0.355 e. The van der Waals surface area contributed by atoms with E-state index in [0.717, 1.165) is 17.5 Å². The molecule has 1 aliphatic rings. The highest BCUT2D eigenvalue weighted by Gasteiger charge is 2.38. The number of aryl methyl sites for hydroxylation is 1. The molecule has 0 bridgehead atoms. The van der Waals surface area contributed by atoms with Crippen LogP contribution in [0.2, 0.25) is 0 Å². The number of hydrogen-bond donors (Lipinski definition) is 1. The van der Waals surface area contributed by atoms with E-state index < -0.39 is 5.54 Å². The molecule has 1 amide bonds. The van der Waals surface area contributed by atoms with Crippen LogP contribution < -0.4 is 10.2 Å². The maximum absolute atomic E-state index is 11.9. The van der Waals surface area contributed by atoms with Crippen LogP contribution in [0.3, 0.4) is 0 Å². The van der Waals surface area contributed by atoms with Gasteiger partial charge in [-0.05, 0) is 32.9 Å². The first-order valence-corrected chi connectivity index (χ1v) is 6.08. The van der Waals surface area contributed by atoms with E-state index in [1.807, 2.05) is 43.9 Å². The van der Waals surface area contributed by atoms with Crippen LogP contribution in [0.1, 0.15) is 29.8 Å². The summed E-state index contributed by atoms with van der Waals surface area (Å²) in [6.07, 6.45) is 0.852. The number of hydrogen-bond acceptors (Lipinski definition) is 3. The van der Waals surface area contributed by atoms with Crippen molar-refractivity contribution in [3.05, 3.63) is 29.3 Å². The molecule has 1 aromatic rings. The van der Waals surface area contributed by atoms with Gasteiger partial charge in [0.05, 0.1) is 0 Å². The van der Waals surface area contributed by atoms with Crippen LogP contribution in [0.15, 0.2) is 18.2 Å². The molecular weight excluding hydrogens is 228 g/mol. The van der Waals surface area contributed by atoms with E-state index in [1.165, 1.54) is 0 Å². The molecule has 2 rings (SSSR count). The SMILES string of the molecule is Cc1ccc(N2CCNC(=O)C2(C)C)c(C=O)c1. The van der Waals surface area contributed by atoms with Crippen molar-refractivity contribution in [3.8, 4) is 0 Å². The van der Waals surface area contributed by atoms with E-state index in [4.69, 9.17) is 0 Å². The lowest BCUT2D eigenvalue weighted by Gasteiger charge is -2.43. The van der Waals surface area contributed by atoms with Gasteiger partial charge in [-0.25, -0.2) is 0 Å². The predicted octanol–water partition coefficient (Wildman–Crippen LogP) is 1.52. The highest BCUT2D eigenvalue weighted by molar-refractivity contribution is 5.93. The van der Waals surface area contributed by atoms with E-state index in [0.29, 0.717) is 18.7 Å². The standard InChI is InChI=1S/C14H18N2O2/c1-10-4-5-12(11(8-10)9-17)16-7-6-15-13(18)14(16,2)3/h4-5,8-9H,6-7H2,1-3H3,(H,15,18). The zero-order valence-corrected chi connectivity index (χ0v) is 11.0. The number of carbonyl (C=O) groups excluding carboxylic acids is 2. The predicted molar refractivity (Wildman–Crippen MR) is 71.0 cm³/mol. The number of piperazine rings is 1. The molecule has 1 saturated heterocycles. The van der Waals surface area contributed by atoms with E-state index in [9.17, 15) is 9.59 Å². The van der Waals surface area contributed by atoms with Gasteiger partial charge in [0.2, 0.25) is 5.91 Å². The van der Waals surface area contributed by atoms with Gasteiger partial charge in [0, 0.05) is 24.3 Å². The molecule has 0 saturated carbocycles. The largest absolute Gasteiger partial charge is 0.355 e. The Morgan fingerprint density at radius 2 is 2.11 bits per heavy atom. The molecule has 1 heterocycles. The minimum absolute atomic E-state index is 0.00817. The van der Waals surface area contributed by atoms with E-state index in [-0.39, 0.29) is 5.91 Å². The Hall–Kier alpha value is -1.84. The molecule has 0 atom stereocenters. The van der Waals surface area contributed by atoms with E-state index >= 15 is 0 Å². The summed E-state index contributed by atoms with van der Waals surface area (Å²) in [5.74, 6) is -0.00817. The topological polar surface area (TPSA) is 49.4 Å². The van der Waals surface area contributed by atoms with Crippen LogP contribution in [0.25, 0.3) is 0 Å². The van der Waals surface area contributed by atoms with Gasteiger partial charge in [0.25, 0.3) is 0 Å². The van der Waals surface area contributed by atoms with Crippen molar-refractivity contribution in [3.63, 3.8) is 0 Å². The first kappa shape index (κ1) is 12.6. The summed E-state index contributed by atoms with van der Waals surface area (Å²) in [5.41, 5.74) is 1.87. The third kappa shape index (κ3) is 1.98. The molecular formula is C14H18N2O2. The fraction of sp³-hybridized carbons (Fsp3) is 0.429. The molecule has 0 radical (unpaired) electrons. The average molecular weight is 246 g/mol.